The number of piperidine rings is 1. The lowest BCUT2D eigenvalue weighted by Crippen LogP contribution is -2.37. The Bertz CT molecular complexity index is 1110. The summed E-state index contributed by atoms with van der Waals surface area (Å²) in [5, 5.41) is 3.78. The Kier molecular flexibility index (Phi) is 7.58. The number of aromatic nitrogens is 2. The number of nitrogens with zero attached hydrogens (tertiary/aromatic N) is 4. The van der Waals surface area contributed by atoms with Gasteiger partial charge in [0.1, 0.15) is 24.0 Å². The lowest BCUT2D eigenvalue weighted by Gasteiger charge is -2.28. The zero-order valence-electron chi connectivity index (χ0n) is 20.4. The fourth-order valence-corrected chi connectivity index (χ4v) is 6.63. The maximum absolute atomic E-state index is 6.30. The average molecular weight is 479 g/mol. The number of anilines is 1. The summed E-state index contributed by atoms with van der Waals surface area (Å²) >= 11 is 0. The van der Waals surface area contributed by atoms with E-state index in [1.807, 2.05) is 6.92 Å². The van der Waals surface area contributed by atoms with E-state index in [4.69, 9.17) is 19.4 Å². The van der Waals surface area contributed by atoms with Gasteiger partial charge >= 0.3 is 0 Å². The molecule has 6 nitrogen and oxygen atoms in total. The molecule has 0 saturated carbocycles. The second kappa shape index (κ2) is 11.0. The summed E-state index contributed by atoms with van der Waals surface area (Å²) in [5.41, 5.74) is 1.12. The highest BCUT2D eigenvalue weighted by atomic mass is 31.1. The molecule has 1 aromatic heterocycles. The molecule has 0 aliphatic carbocycles. The number of ether oxygens (including phenoxy) is 2. The normalized spacial score (nSPS) is 18.2. The van der Waals surface area contributed by atoms with E-state index in [0.29, 0.717) is 0 Å². The first-order chi connectivity index (χ1) is 16.7. The molecule has 2 aliphatic heterocycles. The van der Waals surface area contributed by atoms with Gasteiger partial charge in [0.2, 0.25) is 0 Å². The SMILES string of the molecule is Cc1nc(N2CCOCC2)cc(P(C)c2ccc(OCCN3CCCCC3)c3ccccc23)n1. The smallest absolute Gasteiger partial charge is 0.133 e. The lowest BCUT2D eigenvalue weighted by molar-refractivity contribution is 0.122. The van der Waals surface area contributed by atoms with Gasteiger partial charge < -0.3 is 14.4 Å². The van der Waals surface area contributed by atoms with Crippen LogP contribution in [0.1, 0.15) is 25.1 Å². The number of likely N-dealkylation sites (tertiary alicyclic amines) is 1. The van der Waals surface area contributed by atoms with Gasteiger partial charge in [0.25, 0.3) is 0 Å². The summed E-state index contributed by atoms with van der Waals surface area (Å²) in [6, 6.07) is 15.2. The number of fused-ring (bicyclic) bond motifs is 1. The van der Waals surface area contributed by atoms with Gasteiger partial charge in [-0.2, -0.15) is 0 Å². The highest BCUT2D eigenvalue weighted by Gasteiger charge is 2.19. The van der Waals surface area contributed by atoms with Crippen molar-refractivity contribution < 1.29 is 9.47 Å². The molecule has 0 radical (unpaired) electrons. The first-order valence-electron chi connectivity index (χ1n) is 12.5. The average Bonchev–Trinajstić information content (AvgIpc) is 2.89. The minimum absolute atomic E-state index is 0.632. The molecular weight excluding hydrogens is 443 g/mol. The molecule has 0 bridgehead atoms. The van der Waals surface area contributed by atoms with Crippen LogP contribution in [0.2, 0.25) is 0 Å². The number of benzene rings is 2. The van der Waals surface area contributed by atoms with Gasteiger partial charge in [-0.1, -0.05) is 30.7 Å². The first-order valence-corrected chi connectivity index (χ1v) is 14.3. The van der Waals surface area contributed by atoms with Crippen LogP contribution >= 0.6 is 7.92 Å². The summed E-state index contributed by atoms with van der Waals surface area (Å²) in [6.07, 6.45) is 3.99. The van der Waals surface area contributed by atoms with Crippen LogP contribution in [0.4, 0.5) is 5.82 Å². The van der Waals surface area contributed by atoms with Crippen LogP contribution in [0.3, 0.4) is 0 Å². The van der Waals surface area contributed by atoms with Crippen LogP contribution in [0.5, 0.6) is 5.75 Å². The molecule has 2 saturated heterocycles. The van der Waals surface area contributed by atoms with Crippen molar-refractivity contribution in [1.82, 2.24) is 14.9 Å². The van der Waals surface area contributed by atoms with Crippen LogP contribution in [0.15, 0.2) is 42.5 Å². The Morgan fingerprint density at radius 3 is 2.50 bits per heavy atom. The van der Waals surface area contributed by atoms with E-state index in [0.717, 1.165) is 62.3 Å². The maximum atomic E-state index is 6.30. The molecule has 0 spiro atoms. The fraction of sp³-hybridized carbons (Fsp3) is 0.481. The maximum Gasteiger partial charge on any atom is 0.133 e. The molecule has 3 aromatic rings. The van der Waals surface area contributed by atoms with E-state index in [9.17, 15) is 0 Å². The molecule has 2 fully saturated rings. The third-order valence-corrected chi connectivity index (χ3v) is 8.85. The van der Waals surface area contributed by atoms with Gasteiger partial charge in [-0.25, -0.2) is 9.97 Å². The lowest BCUT2D eigenvalue weighted by atomic mass is 10.1. The molecular formula is C27H35N4O2P. The monoisotopic (exact) mass is 478 g/mol. The Hall–Kier alpha value is -2.27. The molecule has 0 amide bonds. The Morgan fingerprint density at radius 2 is 1.71 bits per heavy atom. The van der Waals surface area contributed by atoms with Gasteiger partial charge in [-0.3, -0.25) is 4.90 Å². The van der Waals surface area contributed by atoms with Crippen LogP contribution in [-0.4, -0.2) is 74.1 Å². The summed E-state index contributed by atoms with van der Waals surface area (Å²) in [5.74, 6) is 2.82. The quantitative estimate of drug-likeness (QED) is 0.483. The molecule has 0 N–H and O–H groups in total. The zero-order chi connectivity index (χ0) is 23.3. The predicted octanol–water partition coefficient (Wildman–Crippen LogP) is 3.70. The number of hydrogen-bond acceptors (Lipinski definition) is 6. The van der Waals surface area contributed by atoms with E-state index in [2.05, 4.69) is 58.9 Å². The Labute approximate surface area is 204 Å². The molecule has 5 rings (SSSR count). The first kappa shape index (κ1) is 23.5. The van der Waals surface area contributed by atoms with Crippen molar-refractivity contribution in [3.63, 3.8) is 0 Å². The molecule has 180 valence electrons. The highest BCUT2D eigenvalue weighted by Crippen LogP contribution is 2.35. The summed E-state index contributed by atoms with van der Waals surface area (Å²) in [6.45, 7) is 11.7. The molecule has 1 atom stereocenters. The Morgan fingerprint density at radius 1 is 0.941 bits per heavy atom. The number of hydrogen-bond donors (Lipinski definition) is 0. The third-order valence-electron chi connectivity index (χ3n) is 6.83. The van der Waals surface area contributed by atoms with Gasteiger partial charge in [0.05, 0.1) is 18.6 Å². The number of rotatable bonds is 7. The zero-order valence-corrected chi connectivity index (χ0v) is 21.3. The van der Waals surface area contributed by atoms with Crippen molar-refractivity contribution in [1.29, 1.82) is 0 Å². The van der Waals surface area contributed by atoms with Gasteiger partial charge in [0.15, 0.2) is 0 Å². The predicted molar refractivity (Wildman–Crippen MR) is 142 cm³/mol. The van der Waals surface area contributed by atoms with Crippen LogP contribution in [0, 0.1) is 6.92 Å². The van der Waals surface area contributed by atoms with E-state index in [-0.39, 0.29) is 0 Å². The molecule has 2 aliphatic rings. The molecule has 3 heterocycles. The van der Waals surface area contributed by atoms with Gasteiger partial charge in [-0.15, -0.1) is 0 Å². The van der Waals surface area contributed by atoms with Crippen molar-refractivity contribution in [2.75, 3.05) is 64.1 Å². The van der Waals surface area contributed by atoms with Crippen LogP contribution in [0.25, 0.3) is 10.8 Å². The topological polar surface area (TPSA) is 50.7 Å². The van der Waals surface area contributed by atoms with E-state index in [1.165, 1.54) is 48.4 Å². The van der Waals surface area contributed by atoms with E-state index in [1.54, 1.807) is 0 Å². The Balaban J connectivity index is 1.38. The second-order valence-electron chi connectivity index (χ2n) is 9.17. The second-order valence-corrected chi connectivity index (χ2v) is 11.2. The van der Waals surface area contributed by atoms with Crippen molar-refractivity contribution in [3.05, 3.63) is 48.3 Å². The fourth-order valence-electron chi connectivity index (χ4n) is 4.93. The van der Waals surface area contributed by atoms with Gasteiger partial charge in [0, 0.05) is 31.1 Å². The van der Waals surface area contributed by atoms with Crippen molar-refractivity contribution in [3.8, 4) is 5.75 Å². The highest BCUT2D eigenvalue weighted by molar-refractivity contribution is 7.72. The standard InChI is InChI=1S/C27H35N4O2P/c1-21-28-26(31-15-17-32-18-16-31)20-27(29-21)34(2)25-11-10-24(22-8-4-5-9-23(22)25)33-19-14-30-12-6-3-7-13-30/h4-5,8-11,20H,3,6-7,12-19H2,1-2H3. The van der Waals surface area contributed by atoms with Crippen LogP contribution in [-0.2, 0) is 4.74 Å². The minimum Gasteiger partial charge on any atom is -0.492 e. The third kappa shape index (κ3) is 5.35. The number of morpholine rings is 1. The van der Waals surface area contributed by atoms with Gasteiger partial charge in [-0.05, 0) is 70.3 Å². The summed E-state index contributed by atoms with van der Waals surface area (Å²) < 4.78 is 11.8. The molecule has 1 unspecified atom stereocenters. The molecule has 2 aromatic carbocycles. The van der Waals surface area contributed by atoms with Crippen LogP contribution < -0.4 is 20.4 Å². The van der Waals surface area contributed by atoms with Crippen molar-refractivity contribution in [2.45, 2.75) is 26.2 Å². The van der Waals surface area contributed by atoms with E-state index >= 15 is 0 Å². The summed E-state index contributed by atoms with van der Waals surface area (Å²) in [4.78, 5) is 14.4. The van der Waals surface area contributed by atoms with Crippen molar-refractivity contribution in [2.24, 2.45) is 0 Å². The molecule has 7 heteroatoms. The minimum atomic E-state index is -0.632. The summed E-state index contributed by atoms with van der Waals surface area (Å²) in [7, 11) is -0.632. The molecule has 34 heavy (non-hydrogen) atoms. The largest absolute Gasteiger partial charge is 0.492 e. The van der Waals surface area contributed by atoms with Crippen molar-refractivity contribution >= 4 is 35.3 Å². The van der Waals surface area contributed by atoms with E-state index < -0.39 is 7.92 Å². The number of aryl methyl sites for hydroxylation is 1.